The van der Waals surface area contributed by atoms with Crippen molar-refractivity contribution in [3.63, 3.8) is 0 Å². The maximum Gasteiger partial charge on any atom is 0.322 e. The Bertz CT molecular complexity index is 588. The number of fused-ring (bicyclic) bond motifs is 1. The summed E-state index contributed by atoms with van der Waals surface area (Å²) < 4.78 is 0. The van der Waals surface area contributed by atoms with Crippen molar-refractivity contribution in [3.05, 3.63) is 30.0 Å². The zero-order valence-electron chi connectivity index (χ0n) is 8.73. The summed E-state index contributed by atoms with van der Waals surface area (Å²) >= 11 is 0. The summed E-state index contributed by atoms with van der Waals surface area (Å²) in [5, 5.41) is 20.8. The molecule has 1 aromatic heterocycles. The van der Waals surface area contributed by atoms with E-state index in [0.717, 1.165) is 0 Å². The number of aromatic nitrogens is 1. The average molecular weight is 234 g/mol. The molecule has 0 spiro atoms. The Hall–Kier alpha value is -2.50. The highest BCUT2D eigenvalue weighted by Crippen LogP contribution is 2.25. The number of aliphatic carboxylic acids is 1. The van der Waals surface area contributed by atoms with E-state index in [0.29, 0.717) is 16.5 Å². The molecule has 0 saturated carbocycles. The molecule has 2 aromatic rings. The molecule has 0 aliphatic heterocycles. The van der Waals surface area contributed by atoms with Crippen molar-refractivity contribution in [2.45, 2.75) is 0 Å². The van der Waals surface area contributed by atoms with Gasteiger partial charge in [-0.1, -0.05) is 12.1 Å². The fraction of sp³-hybridized carbons (Fsp3) is 0.0909. The third-order valence-electron chi connectivity index (χ3n) is 2.34. The van der Waals surface area contributed by atoms with E-state index < -0.39 is 18.4 Å². The van der Waals surface area contributed by atoms with Gasteiger partial charge in [0.15, 0.2) is 0 Å². The Kier molecular flexibility index (Phi) is 2.70. The van der Waals surface area contributed by atoms with E-state index in [2.05, 4.69) is 10.3 Å². The zero-order chi connectivity index (χ0) is 12.4. The molecule has 0 atom stereocenters. The quantitative estimate of drug-likeness (QED) is 0.627. The summed E-state index contributed by atoms with van der Waals surface area (Å²) in [6, 6.07) is 4.78. The third-order valence-corrected chi connectivity index (χ3v) is 2.34. The second-order valence-electron chi connectivity index (χ2n) is 3.48. The van der Waals surface area contributed by atoms with Crippen molar-refractivity contribution in [1.29, 1.82) is 0 Å². The monoisotopic (exact) mass is 234 g/mol. The van der Waals surface area contributed by atoms with E-state index in [1.54, 1.807) is 12.1 Å². The summed E-state index contributed by atoms with van der Waals surface area (Å²) in [7, 11) is 0. The number of nitrogens with one attached hydrogen (secondary N) is 2. The minimum Gasteiger partial charge on any atom is -0.506 e. The molecule has 0 aliphatic rings. The molecule has 1 aromatic carbocycles. The molecular formula is C11H10N2O4. The second kappa shape index (κ2) is 4.17. The molecule has 0 unspecified atom stereocenters. The first-order valence-corrected chi connectivity index (χ1v) is 4.88. The molecule has 0 aliphatic carbocycles. The fourth-order valence-electron chi connectivity index (χ4n) is 1.58. The van der Waals surface area contributed by atoms with Crippen LogP contribution in [0.1, 0.15) is 10.4 Å². The number of H-pyrrole nitrogens is 1. The standard InChI is InChI=1S/C11H10N2O4/c14-8-3-1-2-6-7(4-12-10(6)8)11(17)13-5-9(15)16/h1-4,12,14H,5H2,(H,13,17)(H,15,16). The molecule has 1 heterocycles. The van der Waals surface area contributed by atoms with E-state index >= 15 is 0 Å². The normalized spacial score (nSPS) is 10.4. The highest BCUT2D eigenvalue weighted by atomic mass is 16.4. The van der Waals surface area contributed by atoms with Crippen molar-refractivity contribution in [3.8, 4) is 5.75 Å². The summed E-state index contributed by atoms with van der Waals surface area (Å²) in [5.74, 6) is -1.56. The summed E-state index contributed by atoms with van der Waals surface area (Å²) in [6.45, 7) is -0.440. The van der Waals surface area contributed by atoms with Crippen LogP contribution in [-0.4, -0.2) is 33.6 Å². The van der Waals surface area contributed by atoms with Gasteiger partial charge in [-0.15, -0.1) is 0 Å². The number of carboxylic acids is 1. The first-order valence-electron chi connectivity index (χ1n) is 4.88. The Labute approximate surface area is 95.9 Å². The lowest BCUT2D eigenvalue weighted by Crippen LogP contribution is -2.29. The van der Waals surface area contributed by atoms with Crippen LogP contribution in [0.2, 0.25) is 0 Å². The third kappa shape index (κ3) is 2.05. The van der Waals surface area contributed by atoms with Crippen LogP contribution in [0.3, 0.4) is 0 Å². The number of carboxylic acid groups (broad SMARTS) is 1. The number of para-hydroxylation sites is 1. The van der Waals surface area contributed by atoms with Gasteiger partial charge in [-0.3, -0.25) is 9.59 Å². The molecule has 0 fully saturated rings. The van der Waals surface area contributed by atoms with Gasteiger partial charge in [0.25, 0.3) is 5.91 Å². The lowest BCUT2D eigenvalue weighted by atomic mass is 10.1. The lowest BCUT2D eigenvalue weighted by molar-refractivity contribution is -0.135. The molecule has 6 heteroatoms. The highest BCUT2D eigenvalue weighted by molar-refractivity contribution is 6.08. The van der Waals surface area contributed by atoms with Gasteiger partial charge >= 0.3 is 5.97 Å². The van der Waals surface area contributed by atoms with Gasteiger partial charge in [-0.2, -0.15) is 0 Å². The Balaban J connectivity index is 2.33. The molecule has 2 rings (SSSR count). The van der Waals surface area contributed by atoms with E-state index in [1.807, 2.05) is 0 Å². The molecule has 17 heavy (non-hydrogen) atoms. The molecule has 0 radical (unpaired) electrons. The van der Waals surface area contributed by atoms with Crippen LogP contribution in [-0.2, 0) is 4.79 Å². The number of amides is 1. The molecule has 1 amide bonds. The van der Waals surface area contributed by atoms with Crippen LogP contribution in [0, 0.1) is 0 Å². The van der Waals surface area contributed by atoms with Crippen molar-refractivity contribution in [2.75, 3.05) is 6.54 Å². The van der Waals surface area contributed by atoms with Crippen LogP contribution in [0.25, 0.3) is 10.9 Å². The Morgan fingerprint density at radius 2 is 2.12 bits per heavy atom. The minimum absolute atomic E-state index is 0.0415. The van der Waals surface area contributed by atoms with Gasteiger partial charge in [0.05, 0.1) is 11.1 Å². The first kappa shape index (κ1) is 11.0. The number of benzene rings is 1. The van der Waals surface area contributed by atoms with Gasteiger partial charge in [-0.25, -0.2) is 0 Å². The number of phenols is 1. The minimum atomic E-state index is -1.11. The van der Waals surface area contributed by atoms with Crippen LogP contribution >= 0.6 is 0 Å². The number of hydrogen-bond donors (Lipinski definition) is 4. The van der Waals surface area contributed by atoms with Gasteiger partial charge in [0.2, 0.25) is 0 Å². The summed E-state index contributed by atoms with van der Waals surface area (Å²) in [4.78, 5) is 24.8. The second-order valence-corrected chi connectivity index (χ2v) is 3.48. The van der Waals surface area contributed by atoms with Crippen molar-refractivity contribution < 1.29 is 19.8 Å². The SMILES string of the molecule is O=C(O)CNC(=O)c1c[nH]c2c(O)cccc12. The number of rotatable bonds is 3. The maximum atomic E-state index is 11.7. The van der Waals surface area contributed by atoms with E-state index in [1.165, 1.54) is 12.3 Å². The van der Waals surface area contributed by atoms with E-state index in [4.69, 9.17) is 5.11 Å². The average Bonchev–Trinajstić information content (AvgIpc) is 2.71. The zero-order valence-corrected chi connectivity index (χ0v) is 8.73. The number of carbonyl (C=O) groups excluding carboxylic acids is 1. The fourth-order valence-corrected chi connectivity index (χ4v) is 1.58. The van der Waals surface area contributed by atoms with Gasteiger partial charge < -0.3 is 20.5 Å². The first-order chi connectivity index (χ1) is 8.09. The number of aromatic amines is 1. The number of hydrogen-bond acceptors (Lipinski definition) is 3. The number of carbonyl (C=O) groups is 2. The molecule has 0 bridgehead atoms. The van der Waals surface area contributed by atoms with Crippen molar-refractivity contribution in [2.24, 2.45) is 0 Å². The summed E-state index contributed by atoms with van der Waals surface area (Å²) in [5.41, 5.74) is 0.755. The van der Waals surface area contributed by atoms with Crippen LogP contribution in [0.5, 0.6) is 5.75 Å². The summed E-state index contributed by atoms with van der Waals surface area (Å²) in [6.07, 6.45) is 1.43. The van der Waals surface area contributed by atoms with Gasteiger partial charge in [-0.05, 0) is 6.07 Å². The molecule has 4 N–H and O–H groups in total. The largest absolute Gasteiger partial charge is 0.506 e. The lowest BCUT2D eigenvalue weighted by Gasteiger charge is -2.00. The Morgan fingerprint density at radius 1 is 1.35 bits per heavy atom. The predicted octanol–water partition coefficient (Wildman–Crippen LogP) is 0.688. The topological polar surface area (TPSA) is 102 Å². The van der Waals surface area contributed by atoms with Crippen LogP contribution in [0.15, 0.2) is 24.4 Å². The van der Waals surface area contributed by atoms with Crippen LogP contribution in [0.4, 0.5) is 0 Å². The van der Waals surface area contributed by atoms with Crippen molar-refractivity contribution >= 4 is 22.8 Å². The van der Waals surface area contributed by atoms with Crippen molar-refractivity contribution in [1.82, 2.24) is 10.3 Å². The number of aromatic hydroxyl groups is 1. The van der Waals surface area contributed by atoms with E-state index in [-0.39, 0.29) is 5.75 Å². The van der Waals surface area contributed by atoms with Gasteiger partial charge in [0, 0.05) is 11.6 Å². The van der Waals surface area contributed by atoms with Crippen LogP contribution < -0.4 is 5.32 Å². The smallest absolute Gasteiger partial charge is 0.322 e. The molecule has 88 valence electrons. The van der Waals surface area contributed by atoms with Gasteiger partial charge in [0.1, 0.15) is 12.3 Å². The predicted molar refractivity (Wildman–Crippen MR) is 59.9 cm³/mol. The Morgan fingerprint density at radius 3 is 2.82 bits per heavy atom. The molecule has 6 nitrogen and oxygen atoms in total. The maximum absolute atomic E-state index is 11.7. The van der Waals surface area contributed by atoms with E-state index in [9.17, 15) is 14.7 Å². The molecular weight excluding hydrogens is 224 g/mol. The number of phenolic OH excluding ortho intramolecular Hbond substituents is 1. The molecule has 0 saturated heterocycles. The highest BCUT2D eigenvalue weighted by Gasteiger charge is 2.13.